The molecule has 0 radical (unpaired) electrons. The van der Waals surface area contributed by atoms with Crippen molar-refractivity contribution in [3.05, 3.63) is 17.0 Å². The third kappa shape index (κ3) is 3.04. The molecule has 0 saturated heterocycles. The molecular formula is C11H18N2O4. The lowest BCUT2D eigenvalue weighted by atomic mass is 10.1. The number of aliphatic hydroxyl groups excluding tert-OH is 1. The molecule has 6 heteroatoms. The maximum absolute atomic E-state index is 11.2. The molecule has 0 amide bonds. The van der Waals surface area contributed by atoms with Gasteiger partial charge in [-0.2, -0.15) is 5.10 Å². The van der Waals surface area contributed by atoms with E-state index in [0.717, 1.165) is 5.69 Å². The normalized spacial score (nSPS) is 12.7. The van der Waals surface area contributed by atoms with E-state index in [4.69, 9.17) is 14.9 Å². The Morgan fingerprint density at radius 1 is 1.53 bits per heavy atom. The third-order valence-corrected chi connectivity index (χ3v) is 2.64. The van der Waals surface area contributed by atoms with Crippen LogP contribution in [0.15, 0.2) is 0 Å². The van der Waals surface area contributed by atoms with Crippen LogP contribution in [0.2, 0.25) is 0 Å². The van der Waals surface area contributed by atoms with Crippen LogP contribution in [0, 0.1) is 13.8 Å². The molecule has 0 aliphatic rings. The summed E-state index contributed by atoms with van der Waals surface area (Å²) >= 11 is 0. The van der Waals surface area contributed by atoms with Crippen LogP contribution in [0.25, 0.3) is 0 Å². The van der Waals surface area contributed by atoms with E-state index in [1.54, 1.807) is 25.6 Å². The molecule has 0 saturated carbocycles. The first-order chi connectivity index (χ1) is 7.99. The van der Waals surface area contributed by atoms with Crippen LogP contribution in [0.3, 0.4) is 0 Å². The van der Waals surface area contributed by atoms with Gasteiger partial charge in [0.15, 0.2) is 6.10 Å². The van der Waals surface area contributed by atoms with E-state index in [1.165, 1.54) is 0 Å². The van der Waals surface area contributed by atoms with Gasteiger partial charge >= 0.3 is 5.97 Å². The maximum Gasteiger partial charge on any atom is 0.337 e. The fraction of sp³-hybridized carbons (Fsp3) is 0.636. The van der Waals surface area contributed by atoms with Crippen molar-refractivity contribution >= 4 is 5.97 Å². The lowest BCUT2D eigenvalue weighted by Gasteiger charge is -2.14. The second-order valence-corrected chi connectivity index (χ2v) is 3.87. The van der Waals surface area contributed by atoms with Crippen molar-refractivity contribution in [1.82, 2.24) is 9.78 Å². The van der Waals surface area contributed by atoms with E-state index < -0.39 is 12.1 Å². The maximum atomic E-state index is 11.2. The Kier molecular flexibility index (Phi) is 4.65. The first-order valence-corrected chi connectivity index (χ1v) is 5.44. The van der Waals surface area contributed by atoms with Gasteiger partial charge in [-0.1, -0.05) is 0 Å². The van der Waals surface area contributed by atoms with Crippen molar-refractivity contribution in [2.45, 2.75) is 26.4 Å². The zero-order valence-electron chi connectivity index (χ0n) is 10.3. The van der Waals surface area contributed by atoms with Crippen molar-refractivity contribution in [3.63, 3.8) is 0 Å². The van der Waals surface area contributed by atoms with Crippen LogP contribution in [0.1, 0.15) is 29.5 Å². The van der Waals surface area contributed by atoms with E-state index in [0.29, 0.717) is 17.7 Å². The van der Waals surface area contributed by atoms with Gasteiger partial charge in [0.2, 0.25) is 0 Å². The molecule has 0 aromatic carbocycles. The van der Waals surface area contributed by atoms with Gasteiger partial charge in [-0.25, -0.2) is 4.79 Å². The molecule has 1 atom stereocenters. The van der Waals surface area contributed by atoms with Crippen LogP contribution in [0.4, 0.5) is 0 Å². The van der Waals surface area contributed by atoms with Gasteiger partial charge in [-0.05, 0) is 20.3 Å². The standard InChI is InChI=1S/C11H18N2O4/c1-7-9(8(2)13(3)12-7)10(11(15)16)17-6-4-5-14/h10,14H,4-6H2,1-3H3,(H,15,16). The molecule has 1 aromatic rings. The summed E-state index contributed by atoms with van der Waals surface area (Å²) in [6, 6.07) is 0. The van der Waals surface area contributed by atoms with Crippen LogP contribution in [-0.2, 0) is 16.6 Å². The Morgan fingerprint density at radius 2 is 2.18 bits per heavy atom. The summed E-state index contributed by atoms with van der Waals surface area (Å²) in [5.74, 6) is -1.04. The number of hydrogen-bond donors (Lipinski definition) is 2. The Hall–Kier alpha value is -1.40. The van der Waals surface area contributed by atoms with Gasteiger partial charge in [0.1, 0.15) is 0 Å². The van der Waals surface area contributed by atoms with Gasteiger partial charge in [0.25, 0.3) is 0 Å². The van der Waals surface area contributed by atoms with Crippen molar-refractivity contribution in [2.75, 3.05) is 13.2 Å². The largest absolute Gasteiger partial charge is 0.479 e. The molecule has 0 fully saturated rings. The number of rotatable bonds is 6. The summed E-state index contributed by atoms with van der Waals surface area (Å²) in [7, 11) is 1.76. The Labute approximate surface area is 99.8 Å². The smallest absolute Gasteiger partial charge is 0.337 e. The molecule has 0 spiro atoms. The fourth-order valence-electron chi connectivity index (χ4n) is 1.71. The molecule has 17 heavy (non-hydrogen) atoms. The van der Waals surface area contributed by atoms with Crippen molar-refractivity contribution in [2.24, 2.45) is 7.05 Å². The minimum Gasteiger partial charge on any atom is -0.479 e. The summed E-state index contributed by atoms with van der Waals surface area (Å²) in [6.45, 7) is 3.76. The van der Waals surface area contributed by atoms with Crippen molar-refractivity contribution in [1.29, 1.82) is 0 Å². The molecule has 1 unspecified atom stereocenters. The number of aliphatic carboxylic acids is 1. The molecule has 0 bridgehead atoms. The molecule has 1 aromatic heterocycles. The van der Waals surface area contributed by atoms with E-state index in [1.807, 2.05) is 0 Å². The number of aromatic nitrogens is 2. The number of aliphatic hydroxyl groups is 1. The average molecular weight is 242 g/mol. The molecular weight excluding hydrogens is 224 g/mol. The molecule has 0 aliphatic heterocycles. The Bertz CT molecular complexity index is 400. The number of ether oxygens (including phenoxy) is 1. The Balaban J connectivity index is 2.93. The highest BCUT2D eigenvalue weighted by Crippen LogP contribution is 2.24. The quantitative estimate of drug-likeness (QED) is 0.712. The van der Waals surface area contributed by atoms with E-state index in [2.05, 4.69) is 5.10 Å². The minimum absolute atomic E-state index is 0.0165. The zero-order valence-corrected chi connectivity index (χ0v) is 10.3. The molecule has 6 nitrogen and oxygen atoms in total. The van der Waals surface area contributed by atoms with Crippen LogP contribution < -0.4 is 0 Å². The number of aryl methyl sites for hydroxylation is 2. The van der Waals surface area contributed by atoms with Crippen LogP contribution >= 0.6 is 0 Å². The SMILES string of the molecule is Cc1nn(C)c(C)c1C(OCCCO)C(=O)O. The lowest BCUT2D eigenvalue weighted by molar-refractivity contribution is -0.151. The first kappa shape index (κ1) is 13.7. The molecule has 1 heterocycles. The van der Waals surface area contributed by atoms with E-state index in [-0.39, 0.29) is 13.2 Å². The van der Waals surface area contributed by atoms with E-state index in [9.17, 15) is 4.79 Å². The summed E-state index contributed by atoms with van der Waals surface area (Å²) < 4.78 is 6.93. The zero-order chi connectivity index (χ0) is 13.0. The number of carboxylic acid groups (broad SMARTS) is 1. The second kappa shape index (κ2) is 5.79. The first-order valence-electron chi connectivity index (χ1n) is 5.44. The number of carboxylic acids is 1. The number of hydrogen-bond acceptors (Lipinski definition) is 4. The van der Waals surface area contributed by atoms with Crippen molar-refractivity contribution < 1.29 is 19.7 Å². The van der Waals surface area contributed by atoms with Gasteiger partial charge in [-0.15, -0.1) is 0 Å². The highest BCUT2D eigenvalue weighted by Gasteiger charge is 2.27. The lowest BCUT2D eigenvalue weighted by Crippen LogP contribution is -2.18. The van der Waals surface area contributed by atoms with Gasteiger partial charge in [0.05, 0.1) is 12.3 Å². The highest BCUT2D eigenvalue weighted by molar-refractivity contribution is 5.75. The summed E-state index contributed by atoms with van der Waals surface area (Å²) in [5.41, 5.74) is 2.03. The Morgan fingerprint density at radius 3 is 2.59 bits per heavy atom. The molecule has 96 valence electrons. The fourth-order valence-corrected chi connectivity index (χ4v) is 1.71. The molecule has 1 rings (SSSR count). The highest BCUT2D eigenvalue weighted by atomic mass is 16.5. The second-order valence-electron chi connectivity index (χ2n) is 3.87. The van der Waals surface area contributed by atoms with E-state index >= 15 is 0 Å². The summed E-state index contributed by atoms with van der Waals surface area (Å²) in [4.78, 5) is 11.2. The van der Waals surface area contributed by atoms with Gasteiger partial charge in [-0.3, -0.25) is 4.68 Å². The molecule has 0 aliphatic carbocycles. The number of carbonyl (C=O) groups is 1. The predicted molar refractivity (Wildman–Crippen MR) is 60.7 cm³/mol. The third-order valence-electron chi connectivity index (χ3n) is 2.64. The monoisotopic (exact) mass is 242 g/mol. The number of nitrogens with zero attached hydrogens (tertiary/aromatic N) is 2. The topological polar surface area (TPSA) is 84.6 Å². The van der Waals surface area contributed by atoms with Crippen LogP contribution in [-0.4, -0.2) is 39.2 Å². The summed E-state index contributed by atoms with van der Waals surface area (Å²) in [6.07, 6.45) is -0.599. The van der Waals surface area contributed by atoms with Gasteiger partial charge in [0, 0.05) is 24.9 Å². The summed E-state index contributed by atoms with van der Waals surface area (Å²) in [5, 5.41) is 22.0. The predicted octanol–water partition coefficient (Wildman–Crippen LogP) is 0.562. The molecule has 2 N–H and O–H groups in total. The van der Waals surface area contributed by atoms with Crippen LogP contribution in [0.5, 0.6) is 0 Å². The minimum atomic E-state index is -1.04. The van der Waals surface area contributed by atoms with Gasteiger partial charge < -0.3 is 14.9 Å². The van der Waals surface area contributed by atoms with Crippen molar-refractivity contribution in [3.8, 4) is 0 Å². The average Bonchev–Trinajstić information content (AvgIpc) is 2.49.